The molecule has 1 aliphatic carbocycles. The minimum absolute atomic E-state index is 0.131. The molecule has 0 aliphatic heterocycles. The number of benzene rings is 1. The highest BCUT2D eigenvalue weighted by atomic mass is 32.2. The van der Waals surface area contributed by atoms with Crippen LogP contribution in [-0.4, -0.2) is 20.7 Å². The lowest BCUT2D eigenvalue weighted by atomic mass is 9.96. The highest BCUT2D eigenvalue weighted by Gasteiger charge is 2.26. The molecule has 1 N–H and O–H groups in total. The van der Waals surface area contributed by atoms with Crippen molar-refractivity contribution in [1.29, 1.82) is 0 Å². The molecule has 0 aromatic heterocycles. The molecular weight excluding hydrogens is 282 g/mol. The molecule has 0 bridgehead atoms. The van der Waals surface area contributed by atoms with Crippen LogP contribution < -0.4 is 4.72 Å². The molecular formula is C17H23NO2S. The average Bonchev–Trinajstić information content (AvgIpc) is 2.95. The van der Waals surface area contributed by atoms with Crippen LogP contribution >= 0.6 is 0 Å². The third kappa shape index (κ3) is 5.18. The molecule has 0 radical (unpaired) electrons. The lowest BCUT2D eigenvalue weighted by Gasteiger charge is -2.13. The van der Waals surface area contributed by atoms with E-state index in [9.17, 15) is 8.42 Å². The third-order valence-corrected chi connectivity index (χ3v) is 5.57. The highest BCUT2D eigenvalue weighted by molar-refractivity contribution is 7.89. The molecule has 2 atom stereocenters. The number of rotatable bonds is 7. The molecule has 1 aliphatic rings. The van der Waals surface area contributed by atoms with Gasteiger partial charge >= 0.3 is 0 Å². The first-order valence-electron chi connectivity index (χ1n) is 7.56. The molecule has 0 spiro atoms. The average molecular weight is 305 g/mol. The molecule has 1 aromatic carbocycles. The minimum Gasteiger partial charge on any atom is -0.215 e. The zero-order chi connectivity index (χ0) is 15.1. The van der Waals surface area contributed by atoms with Crippen LogP contribution in [0.15, 0.2) is 30.3 Å². The Labute approximate surface area is 128 Å². The quantitative estimate of drug-likeness (QED) is 0.622. The lowest BCUT2D eigenvalue weighted by Crippen LogP contribution is -2.30. The van der Waals surface area contributed by atoms with Gasteiger partial charge in [-0.05, 0) is 43.1 Å². The minimum atomic E-state index is -3.17. The second-order valence-electron chi connectivity index (χ2n) is 5.76. The van der Waals surface area contributed by atoms with E-state index in [1.165, 1.54) is 5.56 Å². The van der Waals surface area contributed by atoms with E-state index in [4.69, 9.17) is 6.42 Å². The lowest BCUT2D eigenvalue weighted by molar-refractivity contribution is 0.512. The van der Waals surface area contributed by atoms with Crippen molar-refractivity contribution in [1.82, 2.24) is 4.72 Å². The van der Waals surface area contributed by atoms with E-state index in [1.807, 2.05) is 6.07 Å². The Hall–Kier alpha value is -1.31. The SMILES string of the molecule is C#CCCCS(=O)(=O)NCC1CCC(c2ccccc2)C1. The molecule has 4 heteroatoms. The van der Waals surface area contributed by atoms with E-state index < -0.39 is 10.0 Å². The molecule has 2 unspecified atom stereocenters. The number of sulfonamides is 1. The predicted octanol–water partition coefficient (Wildman–Crippen LogP) is 2.90. The fourth-order valence-electron chi connectivity index (χ4n) is 2.97. The monoisotopic (exact) mass is 305 g/mol. The van der Waals surface area contributed by atoms with Gasteiger partial charge in [-0.15, -0.1) is 12.3 Å². The molecule has 0 saturated heterocycles. The zero-order valence-electron chi connectivity index (χ0n) is 12.3. The summed E-state index contributed by atoms with van der Waals surface area (Å²) in [4.78, 5) is 0. The summed E-state index contributed by atoms with van der Waals surface area (Å²) in [6.45, 7) is 0.557. The summed E-state index contributed by atoms with van der Waals surface area (Å²) in [6.07, 6.45) is 9.48. The number of unbranched alkanes of at least 4 members (excludes halogenated alkanes) is 1. The van der Waals surface area contributed by atoms with Gasteiger partial charge in [0.1, 0.15) is 0 Å². The summed E-state index contributed by atoms with van der Waals surface area (Å²) in [7, 11) is -3.17. The van der Waals surface area contributed by atoms with E-state index in [0.29, 0.717) is 31.2 Å². The molecule has 3 nitrogen and oxygen atoms in total. The Kier molecular flexibility index (Phi) is 5.84. The first-order valence-corrected chi connectivity index (χ1v) is 9.21. The van der Waals surface area contributed by atoms with Gasteiger partial charge in [-0.25, -0.2) is 13.1 Å². The highest BCUT2D eigenvalue weighted by Crippen LogP contribution is 2.37. The standard InChI is InChI=1S/C17H23NO2S/c1-2-3-7-12-21(19,20)18-14-15-10-11-17(13-15)16-8-5-4-6-9-16/h1,4-6,8-9,15,17-18H,3,7,10-14H2. The second-order valence-corrected chi connectivity index (χ2v) is 7.69. The molecule has 2 rings (SSSR count). The van der Waals surface area contributed by atoms with Gasteiger partial charge in [-0.2, -0.15) is 0 Å². The number of hydrogen-bond donors (Lipinski definition) is 1. The Balaban J connectivity index is 1.77. The summed E-state index contributed by atoms with van der Waals surface area (Å²) in [6, 6.07) is 10.5. The fraction of sp³-hybridized carbons (Fsp3) is 0.529. The maximum absolute atomic E-state index is 11.8. The molecule has 1 saturated carbocycles. The largest absolute Gasteiger partial charge is 0.215 e. The van der Waals surface area contributed by atoms with Crippen molar-refractivity contribution in [2.24, 2.45) is 5.92 Å². The molecule has 0 amide bonds. The van der Waals surface area contributed by atoms with Crippen molar-refractivity contribution < 1.29 is 8.42 Å². The summed E-state index contributed by atoms with van der Waals surface area (Å²) >= 11 is 0. The molecule has 21 heavy (non-hydrogen) atoms. The van der Waals surface area contributed by atoms with Gasteiger partial charge in [0, 0.05) is 13.0 Å². The van der Waals surface area contributed by atoms with Crippen molar-refractivity contribution in [3.63, 3.8) is 0 Å². The Bertz CT molecular complexity index is 575. The van der Waals surface area contributed by atoms with Crippen LogP contribution in [0.4, 0.5) is 0 Å². The van der Waals surface area contributed by atoms with E-state index in [-0.39, 0.29) is 5.75 Å². The normalized spacial score (nSPS) is 22.0. The van der Waals surface area contributed by atoms with E-state index in [0.717, 1.165) is 19.3 Å². The Morgan fingerprint density at radius 3 is 2.71 bits per heavy atom. The van der Waals surface area contributed by atoms with Crippen LogP contribution in [0.25, 0.3) is 0 Å². The number of terminal acetylenes is 1. The van der Waals surface area contributed by atoms with Gasteiger partial charge in [-0.1, -0.05) is 30.3 Å². The van der Waals surface area contributed by atoms with Gasteiger partial charge in [-0.3, -0.25) is 0 Å². The third-order valence-electron chi connectivity index (χ3n) is 4.14. The Morgan fingerprint density at radius 2 is 2.00 bits per heavy atom. The summed E-state index contributed by atoms with van der Waals surface area (Å²) in [5, 5.41) is 0. The van der Waals surface area contributed by atoms with Gasteiger partial charge in [0.25, 0.3) is 0 Å². The number of nitrogens with one attached hydrogen (secondary N) is 1. The van der Waals surface area contributed by atoms with E-state index >= 15 is 0 Å². The molecule has 114 valence electrons. The van der Waals surface area contributed by atoms with Crippen molar-refractivity contribution in [3.8, 4) is 12.3 Å². The van der Waals surface area contributed by atoms with Crippen molar-refractivity contribution in [3.05, 3.63) is 35.9 Å². The van der Waals surface area contributed by atoms with Crippen LogP contribution in [0.3, 0.4) is 0 Å². The smallest absolute Gasteiger partial charge is 0.211 e. The summed E-state index contributed by atoms with van der Waals surface area (Å²) in [5.74, 6) is 3.61. The summed E-state index contributed by atoms with van der Waals surface area (Å²) < 4.78 is 26.4. The van der Waals surface area contributed by atoms with Crippen molar-refractivity contribution in [2.45, 2.75) is 38.0 Å². The van der Waals surface area contributed by atoms with Crippen molar-refractivity contribution >= 4 is 10.0 Å². The molecule has 1 aromatic rings. The van der Waals surface area contributed by atoms with Crippen LogP contribution in [0, 0.1) is 18.3 Å². The van der Waals surface area contributed by atoms with Crippen LogP contribution in [0.2, 0.25) is 0 Å². The zero-order valence-corrected chi connectivity index (χ0v) is 13.1. The maximum atomic E-state index is 11.8. The Morgan fingerprint density at radius 1 is 1.24 bits per heavy atom. The second kappa shape index (κ2) is 7.63. The van der Waals surface area contributed by atoms with Gasteiger partial charge < -0.3 is 0 Å². The topological polar surface area (TPSA) is 46.2 Å². The van der Waals surface area contributed by atoms with E-state index in [1.54, 1.807) is 0 Å². The van der Waals surface area contributed by atoms with E-state index in [2.05, 4.69) is 34.9 Å². The first-order chi connectivity index (χ1) is 10.1. The van der Waals surface area contributed by atoms with Crippen molar-refractivity contribution in [2.75, 3.05) is 12.3 Å². The van der Waals surface area contributed by atoms with Crippen LogP contribution in [-0.2, 0) is 10.0 Å². The van der Waals surface area contributed by atoms with Gasteiger partial charge in [0.2, 0.25) is 10.0 Å². The number of hydrogen-bond acceptors (Lipinski definition) is 2. The van der Waals surface area contributed by atoms with Crippen LogP contribution in [0.1, 0.15) is 43.6 Å². The van der Waals surface area contributed by atoms with Crippen LogP contribution in [0.5, 0.6) is 0 Å². The predicted molar refractivity (Wildman–Crippen MR) is 86.4 cm³/mol. The maximum Gasteiger partial charge on any atom is 0.211 e. The fourth-order valence-corrected chi connectivity index (χ4v) is 4.13. The summed E-state index contributed by atoms with van der Waals surface area (Å²) in [5.41, 5.74) is 1.37. The molecule has 0 heterocycles. The first kappa shape index (κ1) is 16.1. The molecule has 1 fully saturated rings. The van der Waals surface area contributed by atoms with Gasteiger partial charge in [0.15, 0.2) is 0 Å². The van der Waals surface area contributed by atoms with Gasteiger partial charge in [0.05, 0.1) is 5.75 Å².